The molecule has 4 rings (SSSR count). The summed E-state index contributed by atoms with van der Waals surface area (Å²) in [5, 5.41) is 0.391. The number of nitrogens with zero attached hydrogens (tertiary/aromatic N) is 1. The molecule has 0 saturated carbocycles. The fourth-order valence-corrected chi connectivity index (χ4v) is 2.59. The molecule has 1 N–H and O–H groups in total. The third-order valence-corrected chi connectivity index (χ3v) is 3.57. The minimum Gasteiger partial charge on any atom is -0.485 e. The molecular formula is C14H14N2O5. The number of aromatic amines is 1. The van der Waals surface area contributed by atoms with Crippen molar-refractivity contribution in [1.82, 2.24) is 9.97 Å². The van der Waals surface area contributed by atoms with Crippen molar-refractivity contribution in [2.45, 2.75) is 12.5 Å². The van der Waals surface area contributed by atoms with Gasteiger partial charge in [-0.2, -0.15) is 0 Å². The van der Waals surface area contributed by atoms with Gasteiger partial charge in [0.05, 0.1) is 25.1 Å². The number of ether oxygens (including phenoxy) is 4. The lowest BCUT2D eigenvalue weighted by atomic mass is 10.2. The molecular weight excluding hydrogens is 276 g/mol. The number of aromatic nitrogens is 2. The highest BCUT2D eigenvalue weighted by atomic mass is 16.6. The zero-order valence-corrected chi connectivity index (χ0v) is 11.3. The zero-order chi connectivity index (χ0) is 14.2. The maximum Gasteiger partial charge on any atom is 0.262 e. The molecule has 1 aromatic carbocycles. The lowest BCUT2D eigenvalue weighted by Crippen LogP contribution is -2.21. The van der Waals surface area contributed by atoms with E-state index in [9.17, 15) is 4.79 Å². The Morgan fingerprint density at radius 3 is 2.90 bits per heavy atom. The molecule has 7 heteroatoms. The van der Waals surface area contributed by atoms with Crippen LogP contribution in [0.2, 0.25) is 0 Å². The first-order chi connectivity index (χ1) is 10.3. The van der Waals surface area contributed by atoms with Gasteiger partial charge in [0, 0.05) is 12.5 Å². The Morgan fingerprint density at radius 2 is 2.10 bits per heavy atom. The first-order valence-corrected chi connectivity index (χ1v) is 6.87. The summed E-state index contributed by atoms with van der Waals surface area (Å²) in [6, 6.07) is 1.72. The zero-order valence-electron chi connectivity index (χ0n) is 11.3. The van der Waals surface area contributed by atoms with Gasteiger partial charge >= 0.3 is 0 Å². The van der Waals surface area contributed by atoms with Crippen LogP contribution in [0.5, 0.6) is 17.2 Å². The number of nitrogens with one attached hydrogen (secondary N) is 1. The Kier molecular flexibility index (Phi) is 2.92. The summed E-state index contributed by atoms with van der Waals surface area (Å²) in [5.74, 6) is 1.42. The Morgan fingerprint density at radius 1 is 1.24 bits per heavy atom. The lowest BCUT2D eigenvalue weighted by Gasteiger charge is -2.23. The van der Waals surface area contributed by atoms with E-state index in [0.29, 0.717) is 54.6 Å². The summed E-state index contributed by atoms with van der Waals surface area (Å²) in [7, 11) is 0. The number of rotatable bonds is 2. The predicted molar refractivity (Wildman–Crippen MR) is 73.2 cm³/mol. The van der Waals surface area contributed by atoms with Crippen molar-refractivity contribution in [3.63, 3.8) is 0 Å². The van der Waals surface area contributed by atoms with Gasteiger partial charge in [-0.15, -0.1) is 0 Å². The average Bonchev–Trinajstić information content (AvgIpc) is 3.00. The van der Waals surface area contributed by atoms with E-state index in [1.54, 1.807) is 6.07 Å². The van der Waals surface area contributed by atoms with Gasteiger partial charge in [0.2, 0.25) is 5.75 Å². The second-order valence-corrected chi connectivity index (χ2v) is 4.96. The maximum absolute atomic E-state index is 12.0. The van der Waals surface area contributed by atoms with E-state index in [2.05, 4.69) is 9.97 Å². The van der Waals surface area contributed by atoms with Crippen LogP contribution < -0.4 is 19.8 Å². The van der Waals surface area contributed by atoms with Gasteiger partial charge in [-0.05, 0) is 0 Å². The second-order valence-electron chi connectivity index (χ2n) is 4.96. The molecule has 21 heavy (non-hydrogen) atoms. The fourth-order valence-electron chi connectivity index (χ4n) is 2.59. The molecule has 1 unspecified atom stereocenters. The van der Waals surface area contributed by atoms with Gasteiger partial charge in [0.1, 0.15) is 24.7 Å². The van der Waals surface area contributed by atoms with Crippen LogP contribution >= 0.6 is 0 Å². The van der Waals surface area contributed by atoms with Crippen LogP contribution in [0.1, 0.15) is 6.42 Å². The normalized spacial score (nSPS) is 20.7. The van der Waals surface area contributed by atoms with Crippen LogP contribution in [0, 0.1) is 0 Å². The summed E-state index contributed by atoms with van der Waals surface area (Å²) >= 11 is 0. The van der Waals surface area contributed by atoms with E-state index >= 15 is 0 Å². The molecule has 7 nitrogen and oxygen atoms in total. The first kappa shape index (κ1) is 12.5. The van der Waals surface area contributed by atoms with E-state index in [1.165, 1.54) is 6.33 Å². The van der Waals surface area contributed by atoms with Crippen LogP contribution in [0.25, 0.3) is 10.9 Å². The van der Waals surface area contributed by atoms with Crippen molar-refractivity contribution in [1.29, 1.82) is 0 Å². The molecule has 1 aromatic heterocycles. The number of hydrogen-bond donors (Lipinski definition) is 1. The summed E-state index contributed by atoms with van der Waals surface area (Å²) in [6.45, 7) is 2.06. The average molecular weight is 290 g/mol. The van der Waals surface area contributed by atoms with Crippen molar-refractivity contribution in [2.24, 2.45) is 0 Å². The van der Waals surface area contributed by atoms with Crippen LogP contribution in [-0.2, 0) is 4.74 Å². The minimum absolute atomic E-state index is 0.0147. The van der Waals surface area contributed by atoms with Gasteiger partial charge in [-0.25, -0.2) is 4.98 Å². The smallest absolute Gasteiger partial charge is 0.262 e. The number of hydrogen-bond acceptors (Lipinski definition) is 6. The molecule has 2 aliphatic heterocycles. The molecule has 0 amide bonds. The monoisotopic (exact) mass is 290 g/mol. The van der Waals surface area contributed by atoms with Crippen LogP contribution in [0.3, 0.4) is 0 Å². The van der Waals surface area contributed by atoms with Gasteiger partial charge in [0.25, 0.3) is 5.56 Å². The highest BCUT2D eigenvalue weighted by molar-refractivity contribution is 5.89. The van der Waals surface area contributed by atoms with Crippen molar-refractivity contribution in [2.75, 3.05) is 26.4 Å². The Labute approximate surface area is 119 Å². The quantitative estimate of drug-likeness (QED) is 0.883. The molecule has 0 radical (unpaired) electrons. The van der Waals surface area contributed by atoms with Crippen molar-refractivity contribution < 1.29 is 18.9 Å². The second kappa shape index (κ2) is 4.92. The molecule has 110 valence electrons. The standard InChI is InChI=1S/C14H14N2O5/c17-14-11-9(15-7-16-14)5-10(21-8-1-2-18-6-8)12-13(11)20-4-3-19-12/h5,7-8H,1-4,6H2,(H,15,16,17). The Balaban J connectivity index is 1.88. The third kappa shape index (κ3) is 2.09. The number of fused-ring (bicyclic) bond motifs is 3. The van der Waals surface area contributed by atoms with Crippen LogP contribution in [0.4, 0.5) is 0 Å². The molecule has 1 atom stereocenters. The summed E-state index contributed by atoms with van der Waals surface area (Å²) in [6.07, 6.45) is 2.18. The van der Waals surface area contributed by atoms with E-state index < -0.39 is 0 Å². The van der Waals surface area contributed by atoms with Gasteiger partial charge in [-0.1, -0.05) is 0 Å². The Bertz CT molecular complexity index is 736. The SMILES string of the molecule is O=c1[nH]cnc2cc(OC3CCOC3)c3c(c12)OCCO3. The first-order valence-electron chi connectivity index (χ1n) is 6.87. The van der Waals surface area contributed by atoms with E-state index in [0.717, 1.165) is 6.42 Å². The Hall–Kier alpha value is -2.28. The minimum atomic E-state index is -0.252. The molecule has 0 aliphatic carbocycles. The highest BCUT2D eigenvalue weighted by Gasteiger charge is 2.26. The van der Waals surface area contributed by atoms with E-state index in [1.807, 2.05) is 0 Å². The molecule has 0 spiro atoms. The number of benzene rings is 1. The summed E-state index contributed by atoms with van der Waals surface area (Å²) < 4.78 is 22.5. The number of H-pyrrole nitrogens is 1. The molecule has 3 heterocycles. The highest BCUT2D eigenvalue weighted by Crippen LogP contribution is 2.44. The molecule has 1 saturated heterocycles. The van der Waals surface area contributed by atoms with Crippen LogP contribution in [0.15, 0.2) is 17.2 Å². The largest absolute Gasteiger partial charge is 0.485 e. The molecule has 2 aromatic rings. The predicted octanol–water partition coefficient (Wildman–Crippen LogP) is 0.862. The van der Waals surface area contributed by atoms with Crippen molar-refractivity contribution in [3.05, 3.63) is 22.7 Å². The topological polar surface area (TPSA) is 82.7 Å². The molecule has 2 aliphatic rings. The van der Waals surface area contributed by atoms with E-state index in [-0.39, 0.29) is 11.7 Å². The van der Waals surface area contributed by atoms with Gasteiger partial charge in [-0.3, -0.25) is 4.79 Å². The van der Waals surface area contributed by atoms with Crippen molar-refractivity contribution >= 4 is 10.9 Å². The molecule has 1 fully saturated rings. The van der Waals surface area contributed by atoms with Crippen molar-refractivity contribution in [3.8, 4) is 17.2 Å². The summed E-state index contributed by atoms with van der Waals surface area (Å²) in [5.41, 5.74) is 0.273. The van der Waals surface area contributed by atoms with E-state index in [4.69, 9.17) is 18.9 Å². The summed E-state index contributed by atoms with van der Waals surface area (Å²) in [4.78, 5) is 18.8. The lowest BCUT2D eigenvalue weighted by molar-refractivity contribution is 0.128. The van der Waals surface area contributed by atoms with Gasteiger partial charge < -0.3 is 23.9 Å². The van der Waals surface area contributed by atoms with Crippen LogP contribution in [-0.4, -0.2) is 42.5 Å². The third-order valence-electron chi connectivity index (χ3n) is 3.57. The fraction of sp³-hybridized carbons (Fsp3) is 0.429. The molecule has 0 bridgehead atoms. The maximum atomic E-state index is 12.0. The van der Waals surface area contributed by atoms with Gasteiger partial charge in [0.15, 0.2) is 11.5 Å².